The number of hydrogen-bond donors (Lipinski definition) is 1. The van der Waals surface area contributed by atoms with E-state index in [1.54, 1.807) is 36.4 Å². The molecular weight excluding hydrogens is 426 g/mol. The van der Waals surface area contributed by atoms with Gasteiger partial charge in [0, 0.05) is 24.3 Å². The first kappa shape index (κ1) is 24.0. The van der Waals surface area contributed by atoms with Crippen LogP contribution in [0.4, 0.5) is 5.69 Å². The standard InChI is InChI=1S/C25H29NO7/c1-3-12-30-20-9-6-18(15-22(20)29-4-2)7-11-25(28)33-17-24(27)26-19-8-10-21-23(16-19)32-14-5-13-31-21/h6-11,15-16H,3-5,12-14,17H2,1-2H3,(H,26,27)/b11-7+. The predicted molar refractivity (Wildman–Crippen MR) is 124 cm³/mol. The highest BCUT2D eigenvalue weighted by Gasteiger charge is 2.13. The summed E-state index contributed by atoms with van der Waals surface area (Å²) < 4.78 is 27.5. The van der Waals surface area contributed by atoms with E-state index in [2.05, 4.69) is 5.32 Å². The topological polar surface area (TPSA) is 92.3 Å². The molecule has 0 bridgehead atoms. The van der Waals surface area contributed by atoms with Crippen molar-refractivity contribution in [1.82, 2.24) is 0 Å². The summed E-state index contributed by atoms with van der Waals surface area (Å²) in [6, 6.07) is 10.5. The molecule has 8 heteroatoms. The van der Waals surface area contributed by atoms with Gasteiger partial charge in [-0.1, -0.05) is 13.0 Å². The highest BCUT2D eigenvalue weighted by Crippen LogP contribution is 2.32. The predicted octanol–water partition coefficient (Wildman–Crippen LogP) is 4.23. The van der Waals surface area contributed by atoms with Crippen molar-refractivity contribution in [3.63, 3.8) is 0 Å². The maximum Gasteiger partial charge on any atom is 0.331 e. The number of hydrogen-bond acceptors (Lipinski definition) is 7. The third kappa shape index (κ3) is 7.45. The van der Waals surface area contributed by atoms with Gasteiger partial charge in [-0.25, -0.2) is 4.79 Å². The number of nitrogens with one attached hydrogen (secondary N) is 1. The summed E-state index contributed by atoms with van der Waals surface area (Å²) in [5.74, 6) is 1.39. The van der Waals surface area contributed by atoms with Gasteiger partial charge in [0.25, 0.3) is 5.91 Å². The minimum absolute atomic E-state index is 0.411. The number of rotatable bonds is 10. The van der Waals surface area contributed by atoms with Gasteiger partial charge < -0.3 is 29.0 Å². The van der Waals surface area contributed by atoms with Crippen LogP contribution in [0.2, 0.25) is 0 Å². The second kappa shape index (κ2) is 12.4. The van der Waals surface area contributed by atoms with Crippen LogP contribution in [0.3, 0.4) is 0 Å². The lowest BCUT2D eigenvalue weighted by Crippen LogP contribution is -2.20. The van der Waals surface area contributed by atoms with Gasteiger partial charge in [-0.3, -0.25) is 4.79 Å². The number of esters is 1. The third-order valence-electron chi connectivity index (χ3n) is 4.52. The summed E-state index contributed by atoms with van der Waals surface area (Å²) in [5, 5.41) is 2.68. The zero-order valence-electron chi connectivity index (χ0n) is 18.9. The lowest BCUT2D eigenvalue weighted by atomic mass is 10.2. The molecule has 0 saturated heterocycles. The van der Waals surface area contributed by atoms with E-state index in [0.29, 0.717) is 55.1 Å². The molecule has 176 valence electrons. The van der Waals surface area contributed by atoms with Gasteiger partial charge >= 0.3 is 5.97 Å². The van der Waals surface area contributed by atoms with Crippen LogP contribution in [-0.4, -0.2) is 44.9 Å². The zero-order chi connectivity index (χ0) is 23.5. The molecule has 2 aromatic rings. The molecule has 1 aliphatic heterocycles. The van der Waals surface area contributed by atoms with Gasteiger partial charge in [-0.15, -0.1) is 0 Å². The zero-order valence-corrected chi connectivity index (χ0v) is 18.9. The van der Waals surface area contributed by atoms with E-state index in [1.165, 1.54) is 6.08 Å². The molecule has 1 aliphatic rings. The Morgan fingerprint density at radius 1 is 1.00 bits per heavy atom. The Morgan fingerprint density at radius 3 is 2.61 bits per heavy atom. The maximum atomic E-state index is 12.2. The molecule has 0 saturated carbocycles. The van der Waals surface area contributed by atoms with Crippen LogP contribution in [-0.2, 0) is 14.3 Å². The van der Waals surface area contributed by atoms with Crippen LogP contribution < -0.4 is 24.3 Å². The van der Waals surface area contributed by atoms with Gasteiger partial charge in [0.15, 0.2) is 29.6 Å². The van der Waals surface area contributed by atoms with Gasteiger partial charge in [-0.05, 0) is 49.2 Å². The van der Waals surface area contributed by atoms with Crippen molar-refractivity contribution in [1.29, 1.82) is 0 Å². The quantitative estimate of drug-likeness (QED) is 0.423. The van der Waals surface area contributed by atoms with E-state index in [9.17, 15) is 9.59 Å². The van der Waals surface area contributed by atoms with Crippen LogP contribution in [0, 0.1) is 0 Å². The third-order valence-corrected chi connectivity index (χ3v) is 4.52. The van der Waals surface area contributed by atoms with Crippen LogP contribution in [0.15, 0.2) is 42.5 Å². The largest absolute Gasteiger partial charge is 0.490 e. The molecule has 1 amide bonds. The summed E-state index contributed by atoms with van der Waals surface area (Å²) in [6.45, 7) is 5.74. The molecule has 0 radical (unpaired) electrons. The van der Waals surface area contributed by atoms with Crippen molar-refractivity contribution in [2.24, 2.45) is 0 Å². The Labute approximate surface area is 193 Å². The average Bonchev–Trinajstić information content (AvgIpc) is 3.06. The Hall–Kier alpha value is -3.68. The highest BCUT2D eigenvalue weighted by atomic mass is 16.5. The van der Waals surface area contributed by atoms with E-state index in [4.69, 9.17) is 23.7 Å². The second-order valence-electron chi connectivity index (χ2n) is 7.19. The van der Waals surface area contributed by atoms with Gasteiger partial charge in [-0.2, -0.15) is 0 Å². The van der Waals surface area contributed by atoms with Crippen LogP contribution >= 0.6 is 0 Å². The Morgan fingerprint density at radius 2 is 1.82 bits per heavy atom. The van der Waals surface area contributed by atoms with Crippen molar-refractivity contribution < 1.29 is 33.3 Å². The lowest BCUT2D eigenvalue weighted by Gasteiger charge is -2.12. The fourth-order valence-electron chi connectivity index (χ4n) is 3.02. The van der Waals surface area contributed by atoms with Crippen molar-refractivity contribution >= 4 is 23.6 Å². The van der Waals surface area contributed by atoms with Crippen molar-refractivity contribution in [3.05, 3.63) is 48.0 Å². The smallest absolute Gasteiger partial charge is 0.331 e. The van der Waals surface area contributed by atoms with Crippen LogP contribution in [0.1, 0.15) is 32.3 Å². The molecule has 0 fully saturated rings. The molecule has 0 aliphatic carbocycles. The summed E-state index contributed by atoms with van der Waals surface area (Å²) >= 11 is 0. The molecule has 1 heterocycles. The van der Waals surface area contributed by atoms with Gasteiger partial charge in [0.05, 0.1) is 26.4 Å². The Bertz CT molecular complexity index is 987. The number of carbonyl (C=O) groups is 2. The van der Waals surface area contributed by atoms with E-state index < -0.39 is 18.5 Å². The summed E-state index contributed by atoms with van der Waals surface area (Å²) in [6.07, 6.45) is 4.54. The minimum atomic E-state index is -0.631. The number of amides is 1. The molecule has 1 N–H and O–H groups in total. The maximum absolute atomic E-state index is 12.2. The molecule has 33 heavy (non-hydrogen) atoms. The molecular formula is C25H29NO7. The first-order valence-electron chi connectivity index (χ1n) is 11.0. The Balaban J connectivity index is 1.51. The number of carbonyl (C=O) groups excluding carboxylic acids is 2. The van der Waals surface area contributed by atoms with E-state index >= 15 is 0 Å². The van der Waals surface area contributed by atoms with E-state index in [-0.39, 0.29) is 0 Å². The molecule has 0 spiro atoms. The number of anilines is 1. The second-order valence-corrected chi connectivity index (χ2v) is 7.19. The SMILES string of the molecule is CCCOc1ccc(/C=C/C(=O)OCC(=O)Nc2ccc3c(c2)OCCCO3)cc1OCC. The molecule has 8 nitrogen and oxygen atoms in total. The number of fused-ring (bicyclic) bond motifs is 1. The normalized spacial score (nSPS) is 12.7. The van der Waals surface area contributed by atoms with Gasteiger partial charge in [0.1, 0.15) is 0 Å². The van der Waals surface area contributed by atoms with E-state index in [0.717, 1.165) is 18.4 Å². The molecule has 3 rings (SSSR count). The van der Waals surface area contributed by atoms with Crippen LogP contribution in [0.5, 0.6) is 23.0 Å². The highest BCUT2D eigenvalue weighted by molar-refractivity contribution is 5.94. The minimum Gasteiger partial charge on any atom is -0.490 e. The number of ether oxygens (including phenoxy) is 5. The number of benzene rings is 2. The molecule has 0 atom stereocenters. The van der Waals surface area contributed by atoms with Gasteiger partial charge in [0.2, 0.25) is 0 Å². The fourth-order valence-corrected chi connectivity index (χ4v) is 3.02. The summed E-state index contributed by atoms with van der Waals surface area (Å²) in [5.41, 5.74) is 1.28. The van der Waals surface area contributed by atoms with Crippen LogP contribution in [0.25, 0.3) is 6.08 Å². The summed E-state index contributed by atoms with van der Waals surface area (Å²) in [7, 11) is 0. The molecule has 0 unspecified atom stereocenters. The summed E-state index contributed by atoms with van der Waals surface area (Å²) in [4.78, 5) is 24.2. The molecule has 2 aromatic carbocycles. The van der Waals surface area contributed by atoms with E-state index in [1.807, 2.05) is 19.9 Å². The first-order chi connectivity index (χ1) is 16.1. The molecule has 0 aromatic heterocycles. The Kier molecular flexibility index (Phi) is 8.99. The lowest BCUT2D eigenvalue weighted by molar-refractivity contribution is -0.142. The fraction of sp³-hybridized carbons (Fsp3) is 0.360. The van der Waals surface area contributed by atoms with Crippen molar-refractivity contribution in [2.75, 3.05) is 38.4 Å². The van der Waals surface area contributed by atoms with Crippen molar-refractivity contribution in [2.45, 2.75) is 26.7 Å². The average molecular weight is 456 g/mol. The monoisotopic (exact) mass is 455 g/mol. The first-order valence-corrected chi connectivity index (χ1v) is 11.0. The van der Waals surface area contributed by atoms with Crippen molar-refractivity contribution in [3.8, 4) is 23.0 Å².